The van der Waals surface area contributed by atoms with Crippen LogP contribution in [0.25, 0.3) is 0 Å². The average molecular weight is 471 g/mol. The van der Waals surface area contributed by atoms with Gasteiger partial charge in [-0.15, -0.1) is 0 Å². The summed E-state index contributed by atoms with van der Waals surface area (Å²) in [5.41, 5.74) is 0. The van der Waals surface area contributed by atoms with Gasteiger partial charge >= 0.3 is 5.97 Å². The van der Waals surface area contributed by atoms with Crippen molar-refractivity contribution in [1.29, 1.82) is 0 Å². The number of esters is 1. The molecule has 2 aliphatic rings. The number of carbonyl (C=O) groups excluding carboxylic acids is 1. The zero-order chi connectivity index (χ0) is 24.0. The highest BCUT2D eigenvalue weighted by atomic mass is 16.5. The molecule has 0 bridgehead atoms. The molecule has 0 aliphatic heterocycles. The second-order valence-corrected chi connectivity index (χ2v) is 11.1. The van der Waals surface area contributed by atoms with E-state index in [4.69, 9.17) is 9.47 Å². The predicted octanol–water partition coefficient (Wildman–Crippen LogP) is 9.13. The van der Waals surface area contributed by atoms with Crippen LogP contribution in [0.1, 0.15) is 123 Å². The zero-order valence-electron chi connectivity index (χ0n) is 22.1. The molecule has 3 heteroatoms. The van der Waals surface area contributed by atoms with Crippen LogP contribution in [-0.2, 0) is 4.79 Å². The molecule has 0 unspecified atom stereocenters. The molecule has 0 aromatic heterocycles. The number of benzene rings is 1. The van der Waals surface area contributed by atoms with Gasteiger partial charge in [-0.25, -0.2) is 0 Å². The average Bonchev–Trinajstić information content (AvgIpc) is 2.88. The van der Waals surface area contributed by atoms with Crippen LogP contribution in [0.4, 0.5) is 0 Å². The van der Waals surface area contributed by atoms with Gasteiger partial charge < -0.3 is 9.47 Å². The van der Waals surface area contributed by atoms with Crippen molar-refractivity contribution in [1.82, 2.24) is 0 Å². The van der Waals surface area contributed by atoms with Crippen molar-refractivity contribution in [3.8, 4) is 11.5 Å². The van der Waals surface area contributed by atoms with Crippen LogP contribution in [0.5, 0.6) is 11.5 Å². The third-order valence-corrected chi connectivity index (χ3v) is 8.51. The first-order valence-corrected chi connectivity index (χ1v) is 14.6. The summed E-state index contributed by atoms with van der Waals surface area (Å²) in [5, 5.41) is 0. The van der Waals surface area contributed by atoms with Crippen LogP contribution in [0.2, 0.25) is 0 Å². The molecule has 2 fully saturated rings. The fourth-order valence-electron chi connectivity index (χ4n) is 6.02. The van der Waals surface area contributed by atoms with Crippen molar-refractivity contribution in [2.45, 2.75) is 123 Å². The lowest BCUT2D eigenvalue weighted by Gasteiger charge is -2.28. The predicted molar refractivity (Wildman–Crippen MR) is 141 cm³/mol. The molecule has 1 aromatic rings. The second kappa shape index (κ2) is 15.5. The maximum Gasteiger partial charge on any atom is 0.314 e. The van der Waals surface area contributed by atoms with E-state index in [1.165, 1.54) is 77.0 Å². The fraction of sp³-hybridized carbons (Fsp3) is 0.774. The topological polar surface area (TPSA) is 35.5 Å². The summed E-state index contributed by atoms with van der Waals surface area (Å²) < 4.78 is 11.6. The summed E-state index contributed by atoms with van der Waals surface area (Å²) in [4.78, 5) is 12.5. The lowest BCUT2D eigenvalue weighted by molar-refractivity contribution is -0.140. The van der Waals surface area contributed by atoms with Crippen LogP contribution in [0, 0.1) is 23.7 Å². The molecule has 3 nitrogen and oxygen atoms in total. The largest absolute Gasteiger partial charge is 0.494 e. The van der Waals surface area contributed by atoms with Crippen molar-refractivity contribution in [3.05, 3.63) is 24.3 Å². The number of ether oxygens (including phenoxy) is 2. The lowest BCUT2D eigenvalue weighted by atomic mass is 9.78. The minimum atomic E-state index is -0.0607. The van der Waals surface area contributed by atoms with Crippen LogP contribution in [0.3, 0.4) is 0 Å². The summed E-state index contributed by atoms with van der Waals surface area (Å²) in [7, 11) is 0. The summed E-state index contributed by atoms with van der Waals surface area (Å²) in [6.45, 7) is 5.31. The summed E-state index contributed by atoms with van der Waals surface area (Å²) in [6.07, 6.45) is 22.2. The van der Waals surface area contributed by atoms with E-state index in [-0.39, 0.29) is 11.9 Å². The van der Waals surface area contributed by atoms with Gasteiger partial charge in [0.2, 0.25) is 0 Å². The molecule has 0 atom stereocenters. The SMILES string of the molecule is CCCCCCC[C@H]1CC[C@H](CCCOc2ccc(OC(=O)[C@H]3CC[C@H](CC)CC3)cc2)CC1. The van der Waals surface area contributed by atoms with Gasteiger partial charge in [0.05, 0.1) is 12.5 Å². The molecule has 0 spiro atoms. The van der Waals surface area contributed by atoms with Crippen molar-refractivity contribution in [2.24, 2.45) is 23.7 Å². The quantitative estimate of drug-likeness (QED) is 0.154. The lowest BCUT2D eigenvalue weighted by Crippen LogP contribution is -2.25. The van der Waals surface area contributed by atoms with E-state index in [0.717, 1.165) is 62.2 Å². The van der Waals surface area contributed by atoms with Gasteiger partial charge in [-0.3, -0.25) is 4.79 Å². The van der Waals surface area contributed by atoms with Gasteiger partial charge in [-0.2, -0.15) is 0 Å². The van der Waals surface area contributed by atoms with Crippen molar-refractivity contribution in [2.75, 3.05) is 6.61 Å². The smallest absolute Gasteiger partial charge is 0.314 e. The van der Waals surface area contributed by atoms with Crippen molar-refractivity contribution in [3.63, 3.8) is 0 Å². The summed E-state index contributed by atoms with van der Waals surface area (Å²) in [6, 6.07) is 7.60. The summed E-state index contributed by atoms with van der Waals surface area (Å²) in [5.74, 6) is 4.20. The Labute approximate surface area is 209 Å². The Hall–Kier alpha value is -1.51. The Bertz CT molecular complexity index is 666. The number of rotatable bonds is 14. The van der Waals surface area contributed by atoms with Crippen molar-refractivity contribution < 1.29 is 14.3 Å². The molecule has 1 aromatic carbocycles. The molecule has 0 N–H and O–H groups in total. The molecule has 3 rings (SSSR count). The molecule has 192 valence electrons. The first-order chi connectivity index (χ1) is 16.7. The molecule has 2 saturated carbocycles. The molecular formula is C31H50O3. The molecule has 0 amide bonds. The summed E-state index contributed by atoms with van der Waals surface area (Å²) >= 11 is 0. The van der Waals surface area contributed by atoms with Crippen LogP contribution < -0.4 is 9.47 Å². The number of hydrogen-bond donors (Lipinski definition) is 0. The number of carbonyl (C=O) groups is 1. The standard InChI is InChI=1S/C31H50O3/c1-3-5-6-7-8-10-26-12-14-27(15-13-26)11-9-24-33-29-20-22-30(23-21-29)34-31(32)28-18-16-25(4-2)17-19-28/h20-23,25-28H,3-19,24H2,1-2H3/t25-,26-,27-,28-. The van der Waals surface area contributed by atoms with Crippen LogP contribution in [0.15, 0.2) is 24.3 Å². The van der Waals surface area contributed by atoms with E-state index in [9.17, 15) is 4.79 Å². The first kappa shape index (κ1) is 27.1. The molecular weight excluding hydrogens is 420 g/mol. The molecule has 0 saturated heterocycles. The number of hydrogen-bond acceptors (Lipinski definition) is 3. The van der Waals surface area contributed by atoms with Gasteiger partial charge in [-0.05, 0) is 80.5 Å². The fourth-order valence-corrected chi connectivity index (χ4v) is 6.02. The van der Waals surface area contributed by atoms with Gasteiger partial charge in [0.15, 0.2) is 0 Å². The Morgan fingerprint density at radius 3 is 1.88 bits per heavy atom. The minimum Gasteiger partial charge on any atom is -0.494 e. The maximum absolute atomic E-state index is 12.5. The van der Waals surface area contributed by atoms with Gasteiger partial charge in [0.1, 0.15) is 11.5 Å². The maximum atomic E-state index is 12.5. The van der Waals surface area contributed by atoms with Crippen LogP contribution in [-0.4, -0.2) is 12.6 Å². The first-order valence-electron chi connectivity index (χ1n) is 14.6. The molecule has 0 heterocycles. The highest BCUT2D eigenvalue weighted by molar-refractivity contribution is 5.75. The zero-order valence-corrected chi connectivity index (χ0v) is 22.1. The van der Waals surface area contributed by atoms with E-state index < -0.39 is 0 Å². The Balaban J connectivity index is 1.24. The van der Waals surface area contributed by atoms with Gasteiger partial charge in [-0.1, -0.05) is 84.5 Å². The van der Waals surface area contributed by atoms with E-state index >= 15 is 0 Å². The molecule has 2 aliphatic carbocycles. The van der Waals surface area contributed by atoms with E-state index in [0.29, 0.717) is 5.75 Å². The molecule has 0 radical (unpaired) electrons. The van der Waals surface area contributed by atoms with Crippen molar-refractivity contribution >= 4 is 5.97 Å². The third kappa shape index (κ3) is 9.62. The van der Waals surface area contributed by atoms with Gasteiger partial charge in [0.25, 0.3) is 0 Å². The second-order valence-electron chi connectivity index (χ2n) is 11.1. The minimum absolute atomic E-state index is 0.0607. The highest BCUT2D eigenvalue weighted by Crippen LogP contribution is 2.34. The van der Waals surface area contributed by atoms with Gasteiger partial charge in [0, 0.05) is 0 Å². The number of unbranched alkanes of at least 4 members (excludes halogenated alkanes) is 4. The van der Waals surface area contributed by atoms with E-state index in [2.05, 4.69) is 13.8 Å². The third-order valence-electron chi connectivity index (χ3n) is 8.51. The van der Waals surface area contributed by atoms with E-state index in [1.807, 2.05) is 24.3 Å². The monoisotopic (exact) mass is 470 g/mol. The Morgan fingerprint density at radius 2 is 1.26 bits per heavy atom. The Morgan fingerprint density at radius 1 is 0.706 bits per heavy atom. The van der Waals surface area contributed by atoms with E-state index in [1.54, 1.807) is 0 Å². The van der Waals surface area contributed by atoms with Crippen LogP contribution >= 0.6 is 0 Å². The molecule has 34 heavy (non-hydrogen) atoms. The Kier molecular flexibility index (Phi) is 12.3. The normalized spacial score (nSPS) is 25.1. The highest BCUT2D eigenvalue weighted by Gasteiger charge is 2.27.